The topological polar surface area (TPSA) is 69.7 Å². The molecule has 0 aliphatic heterocycles. The van der Waals surface area contributed by atoms with Gasteiger partial charge in [-0.25, -0.2) is 4.98 Å². The quantitative estimate of drug-likeness (QED) is 0.884. The molecule has 7 heteroatoms. The van der Waals surface area contributed by atoms with Crippen LogP contribution in [0.4, 0.5) is 0 Å². The number of nitrogens with zero attached hydrogens (tertiary/aromatic N) is 1. The first-order valence-corrected chi connectivity index (χ1v) is 7.40. The molecular formula is C15H18N2O4S. The van der Waals surface area contributed by atoms with Crippen molar-refractivity contribution in [2.45, 2.75) is 13.5 Å². The van der Waals surface area contributed by atoms with Gasteiger partial charge in [-0.2, -0.15) is 0 Å². The molecule has 0 spiro atoms. The second-order valence-corrected chi connectivity index (χ2v) is 5.78. The number of benzene rings is 1. The minimum atomic E-state index is -0.230. The number of methoxy groups -OCH3 is 3. The third-order valence-electron chi connectivity index (χ3n) is 3.00. The van der Waals surface area contributed by atoms with E-state index in [9.17, 15) is 4.79 Å². The third kappa shape index (κ3) is 3.48. The molecule has 2 rings (SSSR count). The number of nitrogens with one attached hydrogen (secondary N) is 1. The highest BCUT2D eigenvalue weighted by atomic mass is 32.1. The maximum Gasteiger partial charge on any atom is 0.251 e. The van der Waals surface area contributed by atoms with Crippen LogP contribution in [0.1, 0.15) is 20.2 Å². The number of carbonyl (C=O) groups excluding carboxylic acids is 1. The van der Waals surface area contributed by atoms with Crippen LogP contribution >= 0.6 is 11.3 Å². The zero-order valence-electron chi connectivity index (χ0n) is 12.9. The summed E-state index contributed by atoms with van der Waals surface area (Å²) >= 11 is 1.55. The summed E-state index contributed by atoms with van der Waals surface area (Å²) in [4.78, 5) is 17.6. The number of amides is 1. The van der Waals surface area contributed by atoms with Crippen molar-refractivity contribution in [3.05, 3.63) is 33.8 Å². The van der Waals surface area contributed by atoms with Crippen molar-refractivity contribution < 1.29 is 19.0 Å². The summed E-state index contributed by atoms with van der Waals surface area (Å²) in [6.45, 7) is 2.36. The van der Waals surface area contributed by atoms with Gasteiger partial charge in [-0.05, 0) is 19.1 Å². The molecule has 0 unspecified atom stereocenters. The van der Waals surface area contributed by atoms with Crippen molar-refractivity contribution in [2.75, 3.05) is 21.3 Å². The minimum absolute atomic E-state index is 0.230. The standard InChI is InChI=1S/C15H18N2O4S/c1-9-7-16-13(22-9)8-17-15(18)10-5-11(19-2)14(21-4)12(6-10)20-3/h5-7H,8H2,1-4H3,(H,17,18). The Morgan fingerprint density at radius 2 is 1.82 bits per heavy atom. The lowest BCUT2D eigenvalue weighted by atomic mass is 10.1. The Kier molecular flexibility index (Phi) is 5.21. The van der Waals surface area contributed by atoms with E-state index in [0.717, 1.165) is 9.88 Å². The largest absolute Gasteiger partial charge is 0.493 e. The molecule has 0 aliphatic carbocycles. The fraction of sp³-hybridized carbons (Fsp3) is 0.333. The predicted octanol–water partition coefficient (Wildman–Crippen LogP) is 2.41. The van der Waals surface area contributed by atoms with Gasteiger partial charge in [0.25, 0.3) is 5.91 Å². The number of aromatic nitrogens is 1. The zero-order chi connectivity index (χ0) is 16.1. The molecule has 0 bridgehead atoms. The average molecular weight is 322 g/mol. The van der Waals surface area contributed by atoms with Crippen LogP contribution in [0, 0.1) is 6.92 Å². The van der Waals surface area contributed by atoms with Gasteiger partial charge in [-0.15, -0.1) is 11.3 Å². The van der Waals surface area contributed by atoms with Gasteiger partial charge < -0.3 is 19.5 Å². The Bertz CT molecular complexity index is 644. The molecular weight excluding hydrogens is 304 g/mol. The molecule has 1 aromatic heterocycles. The van der Waals surface area contributed by atoms with E-state index in [0.29, 0.717) is 29.4 Å². The van der Waals surface area contributed by atoms with Crippen LogP contribution in [0.2, 0.25) is 0 Å². The number of rotatable bonds is 6. The first-order valence-electron chi connectivity index (χ1n) is 6.58. The summed E-state index contributed by atoms with van der Waals surface area (Å²) in [6.07, 6.45) is 1.78. The Balaban J connectivity index is 2.18. The molecule has 1 aromatic carbocycles. The molecule has 1 N–H and O–H groups in total. The van der Waals surface area contributed by atoms with Gasteiger partial charge in [0.2, 0.25) is 5.75 Å². The van der Waals surface area contributed by atoms with Crippen molar-refractivity contribution in [3.8, 4) is 17.2 Å². The van der Waals surface area contributed by atoms with Crippen LogP contribution in [0.15, 0.2) is 18.3 Å². The molecule has 1 amide bonds. The van der Waals surface area contributed by atoms with Crippen molar-refractivity contribution in [1.29, 1.82) is 0 Å². The van der Waals surface area contributed by atoms with Crippen molar-refractivity contribution in [3.63, 3.8) is 0 Å². The van der Waals surface area contributed by atoms with E-state index < -0.39 is 0 Å². The fourth-order valence-electron chi connectivity index (χ4n) is 1.95. The molecule has 0 saturated heterocycles. The SMILES string of the molecule is COc1cc(C(=O)NCc2ncc(C)s2)cc(OC)c1OC. The van der Waals surface area contributed by atoms with Crippen LogP contribution in [-0.2, 0) is 6.54 Å². The average Bonchev–Trinajstić information content (AvgIpc) is 2.96. The smallest absolute Gasteiger partial charge is 0.251 e. The molecule has 0 radical (unpaired) electrons. The summed E-state index contributed by atoms with van der Waals surface area (Å²) in [7, 11) is 4.54. The number of aryl methyl sites for hydroxylation is 1. The Morgan fingerprint density at radius 3 is 2.27 bits per heavy atom. The molecule has 2 aromatic rings. The summed E-state index contributed by atoms with van der Waals surface area (Å²) in [5.41, 5.74) is 0.433. The van der Waals surface area contributed by atoms with Crippen LogP contribution in [0.25, 0.3) is 0 Å². The van der Waals surface area contributed by atoms with Gasteiger partial charge in [0.05, 0.1) is 27.9 Å². The monoisotopic (exact) mass is 322 g/mol. The molecule has 1 heterocycles. The van der Waals surface area contributed by atoms with Gasteiger partial charge in [-0.1, -0.05) is 0 Å². The predicted molar refractivity (Wildman–Crippen MR) is 84.1 cm³/mol. The van der Waals surface area contributed by atoms with Crippen LogP contribution < -0.4 is 19.5 Å². The third-order valence-corrected chi connectivity index (χ3v) is 3.91. The van der Waals surface area contributed by atoms with Crippen LogP contribution in [0.5, 0.6) is 17.2 Å². The lowest BCUT2D eigenvalue weighted by Gasteiger charge is -2.13. The Morgan fingerprint density at radius 1 is 1.18 bits per heavy atom. The van der Waals surface area contributed by atoms with E-state index in [2.05, 4.69) is 10.3 Å². The van der Waals surface area contributed by atoms with Crippen molar-refractivity contribution >= 4 is 17.2 Å². The maximum absolute atomic E-state index is 12.3. The fourth-order valence-corrected chi connectivity index (χ4v) is 2.68. The number of hydrogen-bond acceptors (Lipinski definition) is 6. The van der Waals surface area contributed by atoms with E-state index in [1.54, 1.807) is 29.7 Å². The highest BCUT2D eigenvalue weighted by molar-refractivity contribution is 7.11. The molecule has 0 saturated carbocycles. The number of ether oxygens (including phenoxy) is 3. The maximum atomic E-state index is 12.3. The van der Waals surface area contributed by atoms with E-state index in [-0.39, 0.29) is 5.91 Å². The molecule has 0 aliphatic rings. The van der Waals surface area contributed by atoms with Gasteiger partial charge in [0.1, 0.15) is 5.01 Å². The van der Waals surface area contributed by atoms with E-state index in [1.165, 1.54) is 21.3 Å². The highest BCUT2D eigenvalue weighted by Crippen LogP contribution is 2.38. The molecule has 0 atom stereocenters. The lowest BCUT2D eigenvalue weighted by molar-refractivity contribution is 0.0950. The number of carbonyl (C=O) groups is 1. The first kappa shape index (κ1) is 16.1. The summed E-state index contributed by atoms with van der Waals surface area (Å²) in [5.74, 6) is 1.11. The van der Waals surface area contributed by atoms with E-state index in [1.807, 2.05) is 6.92 Å². The van der Waals surface area contributed by atoms with E-state index in [4.69, 9.17) is 14.2 Å². The normalized spacial score (nSPS) is 10.2. The highest BCUT2D eigenvalue weighted by Gasteiger charge is 2.17. The van der Waals surface area contributed by atoms with Gasteiger partial charge in [0, 0.05) is 16.6 Å². The molecule has 22 heavy (non-hydrogen) atoms. The van der Waals surface area contributed by atoms with Gasteiger partial charge >= 0.3 is 0 Å². The van der Waals surface area contributed by atoms with Crippen LogP contribution in [-0.4, -0.2) is 32.2 Å². The second kappa shape index (κ2) is 7.13. The van der Waals surface area contributed by atoms with Crippen LogP contribution in [0.3, 0.4) is 0 Å². The second-order valence-electron chi connectivity index (χ2n) is 4.46. The Labute approximate surface area is 133 Å². The summed E-state index contributed by atoms with van der Waals surface area (Å²) < 4.78 is 15.7. The molecule has 118 valence electrons. The summed E-state index contributed by atoms with van der Waals surface area (Å²) in [6, 6.07) is 3.23. The first-order chi connectivity index (χ1) is 10.6. The lowest BCUT2D eigenvalue weighted by Crippen LogP contribution is -2.22. The van der Waals surface area contributed by atoms with Crippen molar-refractivity contribution in [1.82, 2.24) is 10.3 Å². The van der Waals surface area contributed by atoms with Crippen molar-refractivity contribution in [2.24, 2.45) is 0 Å². The van der Waals surface area contributed by atoms with Gasteiger partial charge in [-0.3, -0.25) is 4.79 Å². The molecule has 0 fully saturated rings. The Hall–Kier alpha value is -2.28. The number of thiazole rings is 1. The van der Waals surface area contributed by atoms with E-state index >= 15 is 0 Å². The van der Waals surface area contributed by atoms with Gasteiger partial charge in [0.15, 0.2) is 11.5 Å². The minimum Gasteiger partial charge on any atom is -0.493 e. The number of hydrogen-bond donors (Lipinski definition) is 1. The summed E-state index contributed by atoms with van der Waals surface area (Å²) in [5, 5.41) is 3.69. The zero-order valence-corrected chi connectivity index (χ0v) is 13.7. The molecule has 6 nitrogen and oxygen atoms in total.